The highest BCUT2D eigenvalue weighted by Gasteiger charge is 2.18. The van der Waals surface area contributed by atoms with Crippen molar-refractivity contribution in [2.24, 2.45) is 5.92 Å². The van der Waals surface area contributed by atoms with Crippen molar-refractivity contribution in [3.8, 4) is 0 Å². The lowest BCUT2D eigenvalue weighted by Gasteiger charge is -2.22. The normalized spacial score (nSPS) is 18.9. The second-order valence-corrected chi connectivity index (χ2v) is 4.58. The molecule has 1 unspecified atom stereocenters. The standard InChI is InChI=1S/C12H19N3O2/c1-9(11-7-13-14-8-11)15-12(16)6-10-2-4-17-5-3-10/h7-10H,2-6H2,1H3,(H,13,14)(H,15,16). The van der Waals surface area contributed by atoms with Gasteiger partial charge < -0.3 is 10.1 Å². The first-order valence-corrected chi connectivity index (χ1v) is 6.11. The van der Waals surface area contributed by atoms with E-state index < -0.39 is 0 Å². The van der Waals surface area contributed by atoms with Crippen molar-refractivity contribution in [3.05, 3.63) is 18.0 Å². The predicted octanol–water partition coefficient (Wildman–Crippen LogP) is 1.40. The van der Waals surface area contributed by atoms with E-state index in [2.05, 4.69) is 15.5 Å². The average molecular weight is 237 g/mol. The summed E-state index contributed by atoms with van der Waals surface area (Å²) in [5.41, 5.74) is 1.00. The summed E-state index contributed by atoms with van der Waals surface area (Å²) >= 11 is 0. The predicted molar refractivity (Wildman–Crippen MR) is 63.3 cm³/mol. The van der Waals surface area contributed by atoms with Gasteiger partial charge in [0.25, 0.3) is 0 Å². The van der Waals surface area contributed by atoms with Gasteiger partial charge in [0, 0.05) is 31.4 Å². The summed E-state index contributed by atoms with van der Waals surface area (Å²) in [7, 11) is 0. The molecule has 17 heavy (non-hydrogen) atoms. The molecular weight excluding hydrogens is 218 g/mol. The summed E-state index contributed by atoms with van der Waals surface area (Å²) in [6.45, 7) is 3.54. The number of nitrogens with zero attached hydrogens (tertiary/aromatic N) is 1. The lowest BCUT2D eigenvalue weighted by molar-refractivity contribution is -0.123. The topological polar surface area (TPSA) is 67.0 Å². The Hall–Kier alpha value is -1.36. The largest absolute Gasteiger partial charge is 0.381 e. The van der Waals surface area contributed by atoms with Crippen LogP contribution in [0.1, 0.15) is 37.8 Å². The van der Waals surface area contributed by atoms with E-state index in [4.69, 9.17) is 4.74 Å². The first-order chi connectivity index (χ1) is 8.25. The van der Waals surface area contributed by atoms with Crippen LogP contribution in [0.4, 0.5) is 0 Å². The molecule has 1 atom stereocenters. The molecule has 1 aromatic heterocycles. The summed E-state index contributed by atoms with van der Waals surface area (Å²) in [4.78, 5) is 11.8. The van der Waals surface area contributed by atoms with Gasteiger partial charge in [-0.2, -0.15) is 5.10 Å². The molecule has 94 valence electrons. The zero-order valence-corrected chi connectivity index (χ0v) is 10.1. The molecule has 5 heteroatoms. The number of nitrogens with one attached hydrogen (secondary N) is 2. The number of amides is 1. The number of H-pyrrole nitrogens is 1. The summed E-state index contributed by atoms with van der Waals surface area (Å²) < 4.78 is 5.28. The van der Waals surface area contributed by atoms with Crippen LogP contribution >= 0.6 is 0 Å². The van der Waals surface area contributed by atoms with Crippen molar-refractivity contribution in [3.63, 3.8) is 0 Å². The summed E-state index contributed by atoms with van der Waals surface area (Å²) in [6.07, 6.45) is 6.13. The van der Waals surface area contributed by atoms with Crippen molar-refractivity contribution in [2.45, 2.75) is 32.2 Å². The first kappa shape index (κ1) is 12.1. The second kappa shape index (κ2) is 5.82. The van der Waals surface area contributed by atoms with Gasteiger partial charge in [-0.05, 0) is 25.7 Å². The van der Waals surface area contributed by atoms with Gasteiger partial charge >= 0.3 is 0 Å². The van der Waals surface area contributed by atoms with Gasteiger partial charge in [-0.15, -0.1) is 0 Å². The maximum Gasteiger partial charge on any atom is 0.220 e. The lowest BCUT2D eigenvalue weighted by atomic mass is 9.96. The van der Waals surface area contributed by atoms with Gasteiger partial charge in [0.15, 0.2) is 0 Å². The third-order valence-electron chi connectivity index (χ3n) is 3.21. The highest BCUT2D eigenvalue weighted by atomic mass is 16.5. The van der Waals surface area contributed by atoms with E-state index >= 15 is 0 Å². The quantitative estimate of drug-likeness (QED) is 0.832. The van der Waals surface area contributed by atoms with Crippen LogP contribution in [0.3, 0.4) is 0 Å². The van der Waals surface area contributed by atoms with Gasteiger partial charge in [-0.3, -0.25) is 9.89 Å². The highest BCUT2D eigenvalue weighted by molar-refractivity contribution is 5.76. The van der Waals surface area contributed by atoms with Crippen LogP contribution in [0.15, 0.2) is 12.4 Å². The van der Waals surface area contributed by atoms with Crippen molar-refractivity contribution in [1.29, 1.82) is 0 Å². The number of carbonyl (C=O) groups excluding carboxylic acids is 1. The van der Waals surface area contributed by atoms with E-state index in [0.717, 1.165) is 31.6 Å². The lowest BCUT2D eigenvalue weighted by Crippen LogP contribution is -2.29. The Labute approximate surface area is 101 Å². The fourth-order valence-electron chi connectivity index (χ4n) is 2.09. The van der Waals surface area contributed by atoms with Gasteiger partial charge in [0.1, 0.15) is 0 Å². The minimum absolute atomic E-state index is 0.0149. The molecule has 1 saturated heterocycles. The van der Waals surface area contributed by atoms with Crippen molar-refractivity contribution in [1.82, 2.24) is 15.5 Å². The van der Waals surface area contributed by atoms with Crippen LogP contribution in [-0.2, 0) is 9.53 Å². The Bertz CT molecular complexity index is 345. The van der Waals surface area contributed by atoms with Crippen LogP contribution in [0.2, 0.25) is 0 Å². The number of aromatic amines is 1. The summed E-state index contributed by atoms with van der Waals surface area (Å²) in [5, 5.41) is 9.61. The van der Waals surface area contributed by atoms with Gasteiger partial charge in [0.2, 0.25) is 5.91 Å². The van der Waals surface area contributed by atoms with E-state index in [9.17, 15) is 4.79 Å². The highest BCUT2D eigenvalue weighted by Crippen LogP contribution is 2.19. The van der Waals surface area contributed by atoms with Crippen LogP contribution in [0.5, 0.6) is 0 Å². The van der Waals surface area contributed by atoms with E-state index in [1.165, 1.54) is 0 Å². The maximum absolute atomic E-state index is 11.8. The number of hydrogen-bond acceptors (Lipinski definition) is 3. The van der Waals surface area contributed by atoms with E-state index in [-0.39, 0.29) is 11.9 Å². The smallest absolute Gasteiger partial charge is 0.220 e. The molecule has 2 heterocycles. The number of ether oxygens (including phenoxy) is 1. The molecule has 1 amide bonds. The van der Waals surface area contributed by atoms with Crippen LogP contribution in [0.25, 0.3) is 0 Å². The molecule has 0 bridgehead atoms. The number of rotatable bonds is 4. The van der Waals surface area contributed by atoms with Gasteiger partial charge in [0.05, 0.1) is 12.2 Å². The third-order valence-corrected chi connectivity index (χ3v) is 3.21. The second-order valence-electron chi connectivity index (χ2n) is 4.58. The van der Waals surface area contributed by atoms with Crippen molar-refractivity contribution < 1.29 is 9.53 Å². The number of hydrogen-bond donors (Lipinski definition) is 2. The van der Waals surface area contributed by atoms with Crippen LogP contribution in [0, 0.1) is 5.92 Å². The Kier molecular flexibility index (Phi) is 4.14. The summed E-state index contributed by atoms with van der Waals surface area (Å²) in [5.74, 6) is 0.589. The number of carbonyl (C=O) groups is 1. The molecule has 1 aliphatic heterocycles. The molecule has 0 spiro atoms. The zero-order chi connectivity index (χ0) is 12.1. The van der Waals surface area contributed by atoms with Crippen LogP contribution < -0.4 is 5.32 Å². The van der Waals surface area contributed by atoms with Crippen LogP contribution in [-0.4, -0.2) is 29.3 Å². The minimum atomic E-state index is 0.0149. The SMILES string of the molecule is CC(NC(=O)CC1CCOCC1)c1cn[nH]c1. The van der Waals surface area contributed by atoms with Gasteiger partial charge in [-0.25, -0.2) is 0 Å². The molecule has 1 aliphatic rings. The minimum Gasteiger partial charge on any atom is -0.381 e. The molecule has 1 fully saturated rings. The monoisotopic (exact) mass is 237 g/mol. The molecule has 1 aromatic rings. The Morgan fingerprint density at radius 3 is 3.06 bits per heavy atom. The van der Waals surface area contributed by atoms with E-state index in [1.807, 2.05) is 6.92 Å². The zero-order valence-electron chi connectivity index (χ0n) is 10.1. The Morgan fingerprint density at radius 1 is 1.65 bits per heavy atom. The fraction of sp³-hybridized carbons (Fsp3) is 0.667. The van der Waals surface area contributed by atoms with Crippen molar-refractivity contribution >= 4 is 5.91 Å². The molecule has 0 aromatic carbocycles. The van der Waals surface area contributed by atoms with Gasteiger partial charge in [-0.1, -0.05) is 0 Å². The molecule has 2 rings (SSSR count). The molecule has 2 N–H and O–H groups in total. The Balaban J connectivity index is 1.76. The number of aromatic nitrogens is 2. The molecule has 0 aliphatic carbocycles. The van der Waals surface area contributed by atoms with Crippen molar-refractivity contribution in [2.75, 3.05) is 13.2 Å². The molecule has 5 nitrogen and oxygen atoms in total. The summed E-state index contributed by atoms with van der Waals surface area (Å²) in [6, 6.07) is 0.0149. The molecular formula is C12H19N3O2. The molecule has 0 radical (unpaired) electrons. The van der Waals surface area contributed by atoms with E-state index in [1.54, 1.807) is 12.4 Å². The fourth-order valence-corrected chi connectivity index (χ4v) is 2.09. The molecule has 0 saturated carbocycles. The maximum atomic E-state index is 11.8. The first-order valence-electron chi connectivity index (χ1n) is 6.11. The Morgan fingerprint density at radius 2 is 2.41 bits per heavy atom. The average Bonchev–Trinajstić information content (AvgIpc) is 2.83. The van der Waals surface area contributed by atoms with E-state index in [0.29, 0.717) is 12.3 Å². The third kappa shape index (κ3) is 3.56.